The van der Waals surface area contributed by atoms with Gasteiger partial charge in [0.2, 0.25) is 0 Å². The molecule has 22 heavy (non-hydrogen) atoms. The molecule has 124 valence electrons. The van der Waals surface area contributed by atoms with E-state index in [2.05, 4.69) is 48.5 Å². The zero-order chi connectivity index (χ0) is 16.6. The molecule has 2 N–H and O–H groups in total. The maximum absolute atomic E-state index is 12.8. The second-order valence-electron chi connectivity index (χ2n) is 6.63. The van der Waals surface area contributed by atoms with Crippen LogP contribution < -0.4 is 10.6 Å². The van der Waals surface area contributed by atoms with E-state index in [1.165, 1.54) is 12.1 Å². The van der Waals surface area contributed by atoms with Crippen LogP contribution >= 0.6 is 0 Å². The molecule has 1 rings (SSSR count). The highest BCUT2D eigenvalue weighted by Gasteiger charge is 2.19. The first kappa shape index (κ1) is 18.4. The summed E-state index contributed by atoms with van der Waals surface area (Å²) in [6, 6.07) is 6.61. The molecule has 0 aliphatic heterocycles. The second-order valence-corrected chi connectivity index (χ2v) is 6.63. The summed E-state index contributed by atoms with van der Waals surface area (Å²) in [7, 11) is 5.93. The van der Waals surface area contributed by atoms with E-state index in [9.17, 15) is 4.39 Å². The number of guanidine groups is 1. The Kier molecular flexibility index (Phi) is 7.32. The van der Waals surface area contributed by atoms with Crippen LogP contribution in [0.1, 0.15) is 19.4 Å². The zero-order valence-electron chi connectivity index (χ0n) is 14.4. The van der Waals surface area contributed by atoms with E-state index in [0.717, 1.165) is 37.6 Å². The maximum Gasteiger partial charge on any atom is 0.191 e. The minimum Gasteiger partial charge on any atom is -0.356 e. The Morgan fingerprint density at radius 3 is 2.36 bits per heavy atom. The Balaban J connectivity index is 2.35. The third-order valence-corrected chi connectivity index (χ3v) is 3.32. The van der Waals surface area contributed by atoms with E-state index in [4.69, 9.17) is 0 Å². The summed E-state index contributed by atoms with van der Waals surface area (Å²) in [5.74, 6) is 0.603. The Labute approximate surface area is 133 Å². The highest BCUT2D eigenvalue weighted by molar-refractivity contribution is 5.79. The van der Waals surface area contributed by atoms with Gasteiger partial charge in [-0.1, -0.05) is 26.0 Å². The average molecular weight is 308 g/mol. The van der Waals surface area contributed by atoms with Crippen LogP contribution in [0.4, 0.5) is 4.39 Å². The number of benzene rings is 1. The first-order valence-electron chi connectivity index (χ1n) is 7.66. The highest BCUT2D eigenvalue weighted by atomic mass is 19.1. The molecule has 0 bridgehead atoms. The lowest BCUT2D eigenvalue weighted by Gasteiger charge is -2.29. The monoisotopic (exact) mass is 308 g/mol. The molecule has 0 unspecified atom stereocenters. The van der Waals surface area contributed by atoms with Crippen LogP contribution in [0.25, 0.3) is 0 Å². The predicted molar refractivity (Wildman–Crippen MR) is 91.8 cm³/mol. The molecule has 0 spiro atoms. The average Bonchev–Trinajstić information content (AvgIpc) is 2.43. The van der Waals surface area contributed by atoms with Crippen molar-refractivity contribution in [1.82, 2.24) is 15.5 Å². The van der Waals surface area contributed by atoms with Gasteiger partial charge in [-0.2, -0.15) is 0 Å². The molecule has 0 aliphatic carbocycles. The number of rotatable bonds is 7. The molecule has 5 heteroatoms. The fraction of sp³-hybridized carbons (Fsp3) is 0.588. The van der Waals surface area contributed by atoms with Crippen molar-refractivity contribution in [2.45, 2.75) is 20.3 Å². The quantitative estimate of drug-likeness (QED) is 0.599. The van der Waals surface area contributed by atoms with Crippen LogP contribution in [0, 0.1) is 11.2 Å². The maximum atomic E-state index is 12.8. The summed E-state index contributed by atoms with van der Waals surface area (Å²) in [5.41, 5.74) is 1.27. The van der Waals surface area contributed by atoms with E-state index in [1.54, 1.807) is 7.05 Å². The van der Waals surface area contributed by atoms with Crippen molar-refractivity contribution in [2.24, 2.45) is 10.4 Å². The third-order valence-electron chi connectivity index (χ3n) is 3.32. The molecule has 1 aromatic rings. The summed E-state index contributed by atoms with van der Waals surface area (Å²) in [6.07, 6.45) is 0.835. The minimum atomic E-state index is -0.197. The van der Waals surface area contributed by atoms with E-state index in [-0.39, 0.29) is 11.2 Å². The lowest BCUT2D eigenvalue weighted by molar-refractivity contribution is 0.241. The molecule has 4 nitrogen and oxygen atoms in total. The van der Waals surface area contributed by atoms with Gasteiger partial charge in [0, 0.05) is 26.7 Å². The minimum absolute atomic E-state index is 0.165. The Bertz CT molecular complexity index is 466. The highest BCUT2D eigenvalue weighted by Crippen LogP contribution is 2.13. The lowest BCUT2D eigenvalue weighted by Crippen LogP contribution is -2.45. The van der Waals surface area contributed by atoms with Crippen molar-refractivity contribution in [1.29, 1.82) is 0 Å². The van der Waals surface area contributed by atoms with Crippen molar-refractivity contribution in [3.05, 3.63) is 35.6 Å². The number of hydrogen-bond acceptors (Lipinski definition) is 2. The second kappa shape index (κ2) is 8.73. The van der Waals surface area contributed by atoms with Crippen LogP contribution in [-0.2, 0) is 6.42 Å². The molecule has 0 saturated carbocycles. The van der Waals surface area contributed by atoms with Gasteiger partial charge >= 0.3 is 0 Å². The fourth-order valence-corrected chi connectivity index (χ4v) is 2.43. The van der Waals surface area contributed by atoms with E-state index in [0.29, 0.717) is 0 Å². The molecular weight excluding hydrogens is 279 g/mol. The van der Waals surface area contributed by atoms with Crippen LogP contribution in [-0.4, -0.2) is 51.6 Å². The van der Waals surface area contributed by atoms with Gasteiger partial charge in [0.15, 0.2) is 5.96 Å². The molecule has 0 amide bonds. The van der Waals surface area contributed by atoms with E-state index < -0.39 is 0 Å². The van der Waals surface area contributed by atoms with Crippen molar-refractivity contribution in [2.75, 3.05) is 40.8 Å². The molecule has 0 heterocycles. The summed E-state index contributed by atoms with van der Waals surface area (Å²) in [6.45, 7) is 7.07. The molecule has 1 aromatic carbocycles. The van der Waals surface area contributed by atoms with E-state index >= 15 is 0 Å². The molecule has 0 aliphatic rings. The lowest BCUT2D eigenvalue weighted by atomic mass is 9.93. The summed E-state index contributed by atoms with van der Waals surface area (Å²) >= 11 is 0. The molecule has 0 fully saturated rings. The SMILES string of the molecule is CN=C(NCCc1ccc(F)cc1)NCC(C)(C)CN(C)C. The van der Waals surface area contributed by atoms with Crippen molar-refractivity contribution < 1.29 is 4.39 Å². The molecule has 0 atom stereocenters. The van der Waals surface area contributed by atoms with Crippen LogP contribution in [0.3, 0.4) is 0 Å². The van der Waals surface area contributed by atoms with Gasteiger partial charge in [-0.3, -0.25) is 4.99 Å². The van der Waals surface area contributed by atoms with Gasteiger partial charge in [-0.15, -0.1) is 0 Å². The Hall–Kier alpha value is -1.62. The van der Waals surface area contributed by atoms with Gasteiger partial charge in [-0.05, 0) is 43.6 Å². The van der Waals surface area contributed by atoms with Crippen LogP contribution in [0.2, 0.25) is 0 Å². The van der Waals surface area contributed by atoms with Gasteiger partial charge in [0.1, 0.15) is 5.82 Å². The fourth-order valence-electron chi connectivity index (χ4n) is 2.43. The van der Waals surface area contributed by atoms with Gasteiger partial charge < -0.3 is 15.5 Å². The first-order chi connectivity index (χ1) is 10.3. The third kappa shape index (κ3) is 7.41. The van der Waals surface area contributed by atoms with Gasteiger partial charge in [0.25, 0.3) is 0 Å². The number of nitrogens with one attached hydrogen (secondary N) is 2. The molecule has 0 aromatic heterocycles. The van der Waals surface area contributed by atoms with E-state index in [1.807, 2.05) is 12.1 Å². The number of hydrogen-bond donors (Lipinski definition) is 2. The standard InChI is InChI=1S/C17H29FN4/c1-17(2,13-22(4)5)12-21-16(19-3)20-11-10-14-6-8-15(18)9-7-14/h6-9H,10-13H2,1-5H3,(H2,19,20,21). The van der Waals surface area contributed by atoms with Gasteiger partial charge in [-0.25, -0.2) is 4.39 Å². The molecular formula is C17H29FN4. The number of halogens is 1. The van der Waals surface area contributed by atoms with Crippen molar-refractivity contribution >= 4 is 5.96 Å². The predicted octanol–water partition coefficient (Wildman–Crippen LogP) is 2.12. The normalized spacial score (nSPS) is 12.6. The van der Waals surface area contributed by atoms with Gasteiger partial charge in [0.05, 0.1) is 0 Å². The number of nitrogens with zero attached hydrogens (tertiary/aromatic N) is 2. The zero-order valence-corrected chi connectivity index (χ0v) is 14.4. The first-order valence-corrected chi connectivity index (χ1v) is 7.66. The van der Waals surface area contributed by atoms with Crippen molar-refractivity contribution in [3.63, 3.8) is 0 Å². The topological polar surface area (TPSA) is 39.7 Å². The number of aliphatic imine (C=N–C) groups is 1. The Morgan fingerprint density at radius 1 is 1.18 bits per heavy atom. The van der Waals surface area contributed by atoms with Crippen LogP contribution in [0.5, 0.6) is 0 Å². The molecule has 0 saturated heterocycles. The Morgan fingerprint density at radius 2 is 1.82 bits per heavy atom. The largest absolute Gasteiger partial charge is 0.356 e. The summed E-state index contributed by atoms with van der Waals surface area (Å²) in [5, 5.41) is 6.65. The molecule has 0 radical (unpaired) electrons. The smallest absolute Gasteiger partial charge is 0.191 e. The van der Waals surface area contributed by atoms with Crippen LogP contribution in [0.15, 0.2) is 29.3 Å². The van der Waals surface area contributed by atoms with Crippen molar-refractivity contribution in [3.8, 4) is 0 Å². The summed E-state index contributed by atoms with van der Waals surface area (Å²) < 4.78 is 12.8. The summed E-state index contributed by atoms with van der Waals surface area (Å²) in [4.78, 5) is 6.42.